The lowest BCUT2D eigenvalue weighted by Crippen LogP contribution is -2.58. The summed E-state index contributed by atoms with van der Waals surface area (Å²) in [7, 11) is 0. The molecule has 0 heterocycles. The van der Waals surface area contributed by atoms with Crippen LogP contribution in [0.4, 0.5) is 0 Å². The van der Waals surface area contributed by atoms with Crippen LogP contribution < -0.4 is 11.1 Å². The predicted octanol–water partition coefficient (Wildman–Crippen LogP) is 1.90. The van der Waals surface area contributed by atoms with Crippen molar-refractivity contribution in [3.8, 4) is 0 Å². The number of carbonyl (C=O) groups excluding carboxylic acids is 1. The van der Waals surface area contributed by atoms with Gasteiger partial charge < -0.3 is 16.2 Å². The molecule has 116 valence electrons. The lowest BCUT2D eigenvalue weighted by Gasteiger charge is -2.36. The Morgan fingerprint density at radius 3 is 2.45 bits per heavy atom. The minimum absolute atomic E-state index is 0.154. The molecule has 1 aliphatic rings. The van der Waals surface area contributed by atoms with Crippen LogP contribution in [0.3, 0.4) is 0 Å². The zero-order chi connectivity index (χ0) is 15.4. The normalized spacial score (nSPS) is 27.1. The molecule has 1 saturated carbocycles. The average Bonchev–Trinajstić information content (AvgIpc) is 2.39. The van der Waals surface area contributed by atoms with Gasteiger partial charge >= 0.3 is 5.97 Å². The van der Waals surface area contributed by atoms with Gasteiger partial charge in [-0.1, -0.05) is 33.6 Å². The first-order valence-electron chi connectivity index (χ1n) is 7.60. The number of amides is 1. The highest BCUT2D eigenvalue weighted by Crippen LogP contribution is 2.31. The van der Waals surface area contributed by atoms with Crippen LogP contribution in [0.25, 0.3) is 0 Å². The van der Waals surface area contributed by atoms with Crippen molar-refractivity contribution in [3.05, 3.63) is 0 Å². The molecule has 0 aromatic carbocycles. The summed E-state index contributed by atoms with van der Waals surface area (Å²) in [6.45, 7) is 5.94. The van der Waals surface area contributed by atoms with Gasteiger partial charge in [0.25, 0.3) is 0 Å². The third kappa shape index (κ3) is 3.51. The molecule has 0 aliphatic heterocycles. The van der Waals surface area contributed by atoms with E-state index in [0.29, 0.717) is 31.6 Å². The molecule has 0 bridgehead atoms. The number of aliphatic carboxylic acids is 1. The number of carbonyl (C=O) groups is 2. The first kappa shape index (κ1) is 17.0. The highest BCUT2D eigenvalue weighted by molar-refractivity contribution is 5.87. The maximum Gasteiger partial charge on any atom is 0.311 e. The van der Waals surface area contributed by atoms with Crippen LogP contribution in [0.5, 0.6) is 0 Å². The average molecular weight is 284 g/mol. The van der Waals surface area contributed by atoms with Crippen molar-refractivity contribution in [2.75, 3.05) is 6.54 Å². The molecular formula is C15H28N2O3. The standard InChI is InChI=1S/C15H28N2O3/c1-4-14(5-2,13(19)20)10-17-12(18)15(16)8-6-7-11(3)9-15/h11H,4-10,16H2,1-3H3,(H,17,18)(H,19,20). The summed E-state index contributed by atoms with van der Waals surface area (Å²) in [5, 5.41) is 12.2. The molecule has 2 atom stereocenters. The molecule has 1 aliphatic carbocycles. The van der Waals surface area contributed by atoms with Gasteiger partial charge in [-0.25, -0.2) is 0 Å². The van der Waals surface area contributed by atoms with Crippen molar-refractivity contribution in [2.45, 2.75) is 64.8 Å². The van der Waals surface area contributed by atoms with Crippen molar-refractivity contribution in [1.29, 1.82) is 0 Å². The molecule has 0 aromatic rings. The van der Waals surface area contributed by atoms with E-state index in [-0.39, 0.29) is 12.5 Å². The number of nitrogens with one attached hydrogen (secondary N) is 1. The van der Waals surface area contributed by atoms with Crippen LogP contribution in [0.2, 0.25) is 0 Å². The molecular weight excluding hydrogens is 256 g/mol. The Kier molecular flexibility index (Phi) is 5.57. The lowest BCUT2D eigenvalue weighted by atomic mass is 9.76. The minimum atomic E-state index is -0.883. The van der Waals surface area contributed by atoms with Gasteiger partial charge in [0.1, 0.15) is 0 Å². The molecule has 1 rings (SSSR count). The summed E-state index contributed by atoms with van der Waals surface area (Å²) in [6.07, 6.45) is 4.41. The Bertz CT molecular complexity index is 366. The summed E-state index contributed by atoms with van der Waals surface area (Å²) < 4.78 is 0. The Morgan fingerprint density at radius 1 is 1.40 bits per heavy atom. The highest BCUT2D eigenvalue weighted by Gasteiger charge is 2.40. The fourth-order valence-electron chi connectivity index (χ4n) is 3.10. The Labute approximate surface area is 121 Å². The monoisotopic (exact) mass is 284 g/mol. The van der Waals surface area contributed by atoms with E-state index >= 15 is 0 Å². The highest BCUT2D eigenvalue weighted by atomic mass is 16.4. The summed E-state index contributed by atoms with van der Waals surface area (Å²) in [4.78, 5) is 23.8. The quantitative estimate of drug-likeness (QED) is 0.694. The molecule has 0 radical (unpaired) electrons. The minimum Gasteiger partial charge on any atom is -0.481 e. The van der Waals surface area contributed by atoms with Gasteiger partial charge in [-0.15, -0.1) is 0 Å². The summed E-state index contributed by atoms with van der Waals surface area (Å²) in [6, 6.07) is 0. The largest absolute Gasteiger partial charge is 0.481 e. The second-order valence-corrected chi connectivity index (χ2v) is 6.33. The van der Waals surface area contributed by atoms with Crippen molar-refractivity contribution < 1.29 is 14.7 Å². The molecule has 1 amide bonds. The molecule has 20 heavy (non-hydrogen) atoms. The second-order valence-electron chi connectivity index (χ2n) is 6.33. The number of rotatable bonds is 6. The van der Waals surface area contributed by atoms with Gasteiger partial charge in [0, 0.05) is 6.54 Å². The molecule has 4 N–H and O–H groups in total. The molecule has 5 nitrogen and oxygen atoms in total. The summed E-state index contributed by atoms with van der Waals surface area (Å²) in [5.41, 5.74) is 4.51. The Hall–Kier alpha value is -1.10. The smallest absolute Gasteiger partial charge is 0.311 e. The van der Waals surface area contributed by atoms with Crippen LogP contribution in [0.15, 0.2) is 0 Å². The van der Waals surface area contributed by atoms with Crippen LogP contribution in [0, 0.1) is 11.3 Å². The van der Waals surface area contributed by atoms with Crippen molar-refractivity contribution in [2.24, 2.45) is 17.1 Å². The number of hydrogen-bond donors (Lipinski definition) is 3. The van der Waals surface area contributed by atoms with E-state index in [4.69, 9.17) is 5.73 Å². The first-order chi connectivity index (χ1) is 9.29. The van der Waals surface area contributed by atoms with Gasteiger partial charge in [0.2, 0.25) is 5.91 Å². The predicted molar refractivity (Wildman–Crippen MR) is 78.2 cm³/mol. The molecule has 1 fully saturated rings. The topological polar surface area (TPSA) is 92.4 Å². The van der Waals surface area contributed by atoms with E-state index in [0.717, 1.165) is 12.8 Å². The Balaban J connectivity index is 2.68. The fourth-order valence-corrected chi connectivity index (χ4v) is 3.10. The first-order valence-corrected chi connectivity index (χ1v) is 7.60. The zero-order valence-electron chi connectivity index (χ0n) is 12.9. The van der Waals surface area contributed by atoms with Crippen molar-refractivity contribution >= 4 is 11.9 Å². The van der Waals surface area contributed by atoms with Crippen LogP contribution in [0.1, 0.15) is 59.3 Å². The zero-order valence-corrected chi connectivity index (χ0v) is 12.9. The molecule has 0 aromatic heterocycles. The van der Waals surface area contributed by atoms with Crippen molar-refractivity contribution in [1.82, 2.24) is 5.32 Å². The van der Waals surface area contributed by atoms with Gasteiger partial charge in [0.15, 0.2) is 0 Å². The van der Waals surface area contributed by atoms with E-state index in [1.807, 2.05) is 13.8 Å². The van der Waals surface area contributed by atoms with E-state index in [1.165, 1.54) is 0 Å². The van der Waals surface area contributed by atoms with Gasteiger partial charge in [-0.05, 0) is 31.6 Å². The summed E-state index contributed by atoms with van der Waals surface area (Å²) >= 11 is 0. The van der Waals surface area contributed by atoms with Gasteiger partial charge in [-0.2, -0.15) is 0 Å². The molecule has 0 saturated heterocycles. The van der Waals surface area contributed by atoms with Gasteiger partial charge in [-0.3, -0.25) is 9.59 Å². The molecule has 2 unspecified atom stereocenters. The maximum atomic E-state index is 12.3. The number of carboxylic acid groups (broad SMARTS) is 1. The fraction of sp³-hybridized carbons (Fsp3) is 0.867. The van der Waals surface area contributed by atoms with Crippen LogP contribution in [-0.2, 0) is 9.59 Å². The lowest BCUT2D eigenvalue weighted by molar-refractivity contribution is -0.149. The summed E-state index contributed by atoms with van der Waals surface area (Å²) in [5.74, 6) is -0.608. The number of carboxylic acids is 1. The van der Waals surface area contributed by atoms with E-state index in [2.05, 4.69) is 12.2 Å². The third-order valence-corrected chi connectivity index (χ3v) is 4.88. The number of nitrogens with two attached hydrogens (primary N) is 1. The third-order valence-electron chi connectivity index (χ3n) is 4.88. The maximum absolute atomic E-state index is 12.3. The van der Waals surface area contributed by atoms with E-state index < -0.39 is 16.9 Å². The van der Waals surface area contributed by atoms with Crippen LogP contribution >= 0.6 is 0 Å². The second kappa shape index (κ2) is 6.57. The number of hydrogen-bond acceptors (Lipinski definition) is 3. The van der Waals surface area contributed by atoms with Crippen LogP contribution in [-0.4, -0.2) is 29.1 Å². The molecule has 5 heteroatoms. The SMILES string of the molecule is CCC(CC)(CNC(=O)C1(N)CCCC(C)C1)C(=O)O. The van der Waals surface area contributed by atoms with Crippen molar-refractivity contribution in [3.63, 3.8) is 0 Å². The van der Waals surface area contributed by atoms with Gasteiger partial charge in [0.05, 0.1) is 11.0 Å². The van der Waals surface area contributed by atoms with E-state index in [9.17, 15) is 14.7 Å². The molecule has 0 spiro atoms. The Morgan fingerprint density at radius 2 is 2.00 bits per heavy atom. The van der Waals surface area contributed by atoms with E-state index in [1.54, 1.807) is 0 Å².